The fourth-order valence-electron chi connectivity index (χ4n) is 2.40. The number of hydrogen-bond acceptors (Lipinski definition) is 4. The lowest BCUT2D eigenvalue weighted by atomic mass is 10.1. The van der Waals surface area contributed by atoms with Gasteiger partial charge in [0.2, 0.25) is 0 Å². The van der Waals surface area contributed by atoms with Crippen LogP contribution in [0.2, 0.25) is 0 Å². The van der Waals surface area contributed by atoms with E-state index in [4.69, 9.17) is 9.47 Å². The van der Waals surface area contributed by atoms with E-state index in [9.17, 15) is 4.79 Å². The molecule has 7 heteroatoms. The van der Waals surface area contributed by atoms with Crippen LogP contribution in [-0.2, 0) is 7.05 Å². The first-order valence-corrected chi connectivity index (χ1v) is 7.90. The topological polar surface area (TPSA) is 65.4 Å². The highest BCUT2D eigenvalue weighted by atomic mass is 79.9. The summed E-state index contributed by atoms with van der Waals surface area (Å²) in [4.78, 5) is 12.6. The van der Waals surface area contributed by atoms with Gasteiger partial charge in [-0.2, -0.15) is 5.10 Å². The predicted molar refractivity (Wildman–Crippen MR) is 91.1 cm³/mol. The van der Waals surface area contributed by atoms with Gasteiger partial charge < -0.3 is 14.8 Å². The first kappa shape index (κ1) is 17.3. The van der Waals surface area contributed by atoms with Gasteiger partial charge in [0.25, 0.3) is 5.91 Å². The van der Waals surface area contributed by atoms with Crippen LogP contribution in [0.1, 0.15) is 34.7 Å². The zero-order valence-corrected chi connectivity index (χ0v) is 15.4. The van der Waals surface area contributed by atoms with Crippen molar-refractivity contribution in [2.75, 3.05) is 14.2 Å². The molecule has 1 atom stereocenters. The lowest BCUT2D eigenvalue weighted by molar-refractivity contribution is 0.0929. The summed E-state index contributed by atoms with van der Waals surface area (Å²) in [5.74, 6) is 1.19. The third kappa shape index (κ3) is 3.50. The fraction of sp³-hybridized carbons (Fsp3) is 0.375. The molecule has 1 amide bonds. The Morgan fingerprint density at radius 3 is 2.57 bits per heavy atom. The number of amides is 1. The summed E-state index contributed by atoms with van der Waals surface area (Å²) in [7, 11) is 4.94. The van der Waals surface area contributed by atoms with Gasteiger partial charge in [0, 0.05) is 12.6 Å². The lowest BCUT2D eigenvalue weighted by Gasteiger charge is -2.18. The second-order valence-corrected chi connectivity index (χ2v) is 5.97. The Morgan fingerprint density at radius 2 is 2.04 bits per heavy atom. The molecule has 1 unspecified atom stereocenters. The van der Waals surface area contributed by atoms with Gasteiger partial charge in [-0.25, -0.2) is 0 Å². The van der Waals surface area contributed by atoms with E-state index in [1.54, 1.807) is 25.9 Å². The number of aromatic nitrogens is 2. The number of methoxy groups -OCH3 is 2. The normalized spacial score (nSPS) is 11.9. The minimum Gasteiger partial charge on any atom is -0.497 e. The molecule has 2 aromatic rings. The van der Waals surface area contributed by atoms with Crippen LogP contribution in [0.3, 0.4) is 0 Å². The number of carbonyl (C=O) groups is 1. The Balaban J connectivity index is 2.28. The predicted octanol–water partition coefficient (Wildman–Crippen LogP) is 3.00. The third-order valence-corrected chi connectivity index (χ3v) is 4.56. The number of carbonyl (C=O) groups excluding carboxylic acids is 1. The van der Waals surface area contributed by atoms with Crippen LogP contribution in [-0.4, -0.2) is 29.9 Å². The maximum atomic E-state index is 12.6. The highest BCUT2D eigenvalue weighted by molar-refractivity contribution is 9.10. The van der Waals surface area contributed by atoms with Crippen molar-refractivity contribution in [1.82, 2.24) is 15.1 Å². The molecule has 23 heavy (non-hydrogen) atoms. The van der Waals surface area contributed by atoms with Crippen molar-refractivity contribution in [2.45, 2.75) is 19.9 Å². The monoisotopic (exact) mass is 381 g/mol. The molecule has 0 bridgehead atoms. The maximum Gasteiger partial charge on any atom is 0.271 e. The van der Waals surface area contributed by atoms with E-state index in [-0.39, 0.29) is 11.9 Å². The summed E-state index contributed by atoms with van der Waals surface area (Å²) in [5.41, 5.74) is 2.09. The molecule has 0 spiro atoms. The Labute approximate surface area is 143 Å². The molecule has 0 fully saturated rings. The second-order valence-electron chi connectivity index (χ2n) is 5.17. The van der Waals surface area contributed by atoms with Crippen molar-refractivity contribution in [3.63, 3.8) is 0 Å². The maximum absolute atomic E-state index is 12.6. The number of nitrogens with zero attached hydrogens (tertiary/aromatic N) is 2. The molecule has 0 aliphatic carbocycles. The molecule has 1 aromatic carbocycles. The smallest absolute Gasteiger partial charge is 0.271 e. The molecular weight excluding hydrogens is 362 g/mol. The summed E-state index contributed by atoms with van der Waals surface area (Å²) in [6.07, 6.45) is 0. The first-order chi connectivity index (χ1) is 10.9. The molecule has 1 heterocycles. The van der Waals surface area contributed by atoms with Crippen LogP contribution in [0, 0.1) is 6.92 Å². The van der Waals surface area contributed by atoms with E-state index in [1.807, 2.05) is 32.0 Å². The van der Waals surface area contributed by atoms with Crippen LogP contribution in [0.15, 0.2) is 22.7 Å². The summed E-state index contributed by atoms with van der Waals surface area (Å²) in [5, 5.41) is 7.21. The average molecular weight is 382 g/mol. The Morgan fingerprint density at radius 1 is 1.35 bits per heavy atom. The van der Waals surface area contributed by atoms with Gasteiger partial charge in [-0.05, 0) is 48.0 Å². The van der Waals surface area contributed by atoms with Crippen LogP contribution in [0.25, 0.3) is 0 Å². The van der Waals surface area contributed by atoms with Crippen molar-refractivity contribution in [1.29, 1.82) is 0 Å². The number of hydrogen-bond donors (Lipinski definition) is 1. The number of rotatable bonds is 5. The van der Waals surface area contributed by atoms with Crippen molar-refractivity contribution in [3.8, 4) is 11.5 Å². The molecule has 1 aromatic heterocycles. The van der Waals surface area contributed by atoms with Gasteiger partial charge in [0.15, 0.2) is 0 Å². The molecule has 2 rings (SSSR count). The molecule has 1 N–H and O–H groups in total. The number of nitrogens with one attached hydrogen (secondary N) is 1. The standard InChI is InChI=1S/C16H20BrN3O3/c1-9(12-8-11(22-4)6-7-13(12)23-5)18-16(21)15-14(17)10(2)19-20(15)3/h6-9H,1-5H3,(H,18,21). The number of halogens is 1. The lowest BCUT2D eigenvalue weighted by Crippen LogP contribution is -2.29. The third-order valence-electron chi connectivity index (χ3n) is 3.62. The molecule has 0 saturated heterocycles. The van der Waals surface area contributed by atoms with Gasteiger partial charge in [-0.15, -0.1) is 0 Å². The Kier molecular flexibility index (Phi) is 5.30. The van der Waals surface area contributed by atoms with E-state index >= 15 is 0 Å². The van der Waals surface area contributed by atoms with Crippen molar-refractivity contribution in [2.24, 2.45) is 7.05 Å². The fourth-order valence-corrected chi connectivity index (χ4v) is 2.92. The van der Waals surface area contributed by atoms with Crippen LogP contribution < -0.4 is 14.8 Å². The van der Waals surface area contributed by atoms with Gasteiger partial charge in [-0.3, -0.25) is 9.48 Å². The summed E-state index contributed by atoms with van der Waals surface area (Å²) in [6, 6.07) is 5.24. The van der Waals surface area contributed by atoms with Gasteiger partial charge in [0.1, 0.15) is 17.2 Å². The molecule has 0 aliphatic heterocycles. The summed E-state index contributed by atoms with van der Waals surface area (Å²) >= 11 is 3.41. The summed E-state index contributed by atoms with van der Waals surface area (Å²) in [6.45, 7) is 3.74. The van der Waals surface area contributed by atoms with Crippen molar-refractivity contribution >= 4 is 21.8 Å². The van der Waals surface area contributed by atoms with E-state index in [0.29, 0.717) is 21.7 Å². The highest BCUT2D eigenvalue weighted by Gasteiger charge is 2.21. The van der Waals surface area contributed by atoms with Crippen molar-refractivity contribution < 1.29 is 14.3 Å². The van der Waals surface area contributed by atoms with Gasteiger partial charge in [-0.1, -0.05) is 0 Å². The van der Waals surface area contributed by atoms with Crippen LogP contribution >= 0.6 is 15.9 Å². The minimum atomic E-state index is -0.255. The molecule has 0 radical (unpaired) electrons. The van der Waals surface area contributed by atoms with E-state index in [1.165, 1.54) is 0 Å². The highest BCUT2D eigenvalue weighted by Crippen LogP contribution is 2.30. The molecule has 6 nitrogen and oxygen atoms in total. The first-order valence-electron chi connectivity index (χ1n) is 7.11. The second kappa shape index (κ2) is 7.04. The SMILES string of the molecule is COc1ccc(OC)c(C(C)NC(=O)c2c(Br)c(C)nn2C)c1. The van der Waals surface area contributed by atoms with E-state index < -0.39 is 0 Å². The molecule has 0 aliphatic rings. The summed E-state index contributed by atoms with van der Waals surface area (Å²) < 4.78 is 12.9. The zero-order valence-electron chi connectivity index (χ0n) is 13.8. The van der Waals surface area contributed by atoms with Gasteiger partial charge in [0.05, 0.1) is 30.4 Å². The van der Waals surface area contributed by atoms with Crippen LogP contribution in [0.5, 0.6) is 11.5 Å². The van der Waals surface area contributed by atoms with E-state index in [2.05, 4.69) is 26.3 Å². The molecule has 124 valence electrons. The Hall–Kier alpha value is -2.02. The molecular formula is C16H20BrN3O3. The largest absolute Gasteiger partial charge is 0.497 e. The van der Waals surface area contributed by atoms with Gasteiger partial charge >= 0.3 is 0 Å². The van der Waals surface area contributed by atoms with Crippen molar-refractivity contribution in [3.05, 3.63) is 39.6 Å². The van der Waals surface area contributed by atoms with E-state index in [0.717, 1.165) is 11.3 Å². The number of benzene rings is 1. The number of ether oxygens (including phenoxy) is 2. The average Bonchev–Trinajstić information content (AvgIpc) is 2.79. The molecule has 0 saturated carbocycles. The minimum absolute atomic E-state index is 0.211. The Bertz CT molecular complexity index is 728. The quantitative estimate of drug-likeness (QED) is 0.864. The zero-order chi connectivity index (χ0) is 17.1. The van der Waals surface area contributed by atoms with Crippen LogP contribution in [0.4, 0.5) is 0 Å². The number of aryl methyl sites for hydroxylation is 2.